The van der Waals surface area contributed by atoms with Crippen LogP contribution in [0.4, 0.5) is 0 Å². The molecule has 0 spiro atoms. The third kappa shape index (κ3) is 6.08. The third-order valence-corrected chi connectivity index (χ3v) is 5.28. The first-order valence-electron chi connectivity index (χ1n) is 9.63. The highest BCUT2D eigenvalue weighted by Crippen LogP contribution is 2.23. The fraction of sp³-hybridized carbons (Fsp3) is 0.571. The molecule has 1 aromatic rings. The number of esters is 1. The van der Waals surface area contributed by atoms with Crippen LogP contribution in [0.5, 0.6) is 0 Å². The maximum absolute atomic E-state index is 12.2. The Morgan fingerprint density at radius 3 is 2.52 bits per heavy atom. The van der Waals surface area contributed by atoms with E-state index >= 15 is 0 Å². The summed E-state index contributed by atoms with van der Waals surface area (Å²) in [6, 6.07) is 5.49. The van der Waals surface area contributed by atoms with Crippen molar-refractivity contribution in [2.75, 3.05) is 6.54 Å². The van der Waals surface area contributed by atoms with Gasteiger partial charge in [0.05, 0.1) is 0 Å². The predicted octanol–water partition coefficient (Wildman–Crippen LogP) is 2.66. The molecule has 2 N–H and O–H groups in total. The molecule has 0 radical (unpaired) electrons. The molecular formula is C21H30N2O4. The molecule has 1 aliphatic carbocycles. The highest BCUT2D eigenvalue weighted by Gasteiger charge is 2.26. The second-order valence-electron chi connectivity index (χ2n) is 7.49. The highest BCUT2D eigenvalue weighted by molar-refractivity contribution is 5.96. The topological polar surface area (TPSA) is 84.5 Å². The summed E-state index contributed by atoms with van der Waals surface area (Å²) in [7, 11) is 0. The number of hydrogen-bond donors (Lipinski definition) is 2. The number of ether oxygens (including phenoxy) is 1. The van der Waals surface area contributed by atoms with Gasteiger partial charge in [-0.15, -0.1) is 0 Å². The van der Waals surface area contributed by atoms with Crippen molar-refractivity contribution >= 4 is 17.8 Å². The van der Waals surface area contributed by atoms with Gasteiger partial charge in [0.1, 0.15) is 6.54 Å². The average Bonchev–Trinajstić information content (AvgIpc) is 2.63. The van der Waals surface area contributed by atoms with Crippen LogP contribution in [0.2, 0.25) is 0 Å². The summed E-state index contributed by atoms with van der Waals surface area (Å²) in [5.41, 5.74) is 2.59. The minimum atomic E-state index is -0.884. The van der Waals surface area contributed by atoms with Crippen LogP contribution in [0, 0.1) is 19.8 Å². The lowest BCUT2D eigenvalue weighted by Crippen LogP contribution is -2.46. The Morgan fingerprint density at radius 2 is 1.85 bits per heavy atom. The smallest absolute Gasteiger partial charge is 0.326 e. The van der Waals surface area contributed by atoms with Crippen LogP contribution in [-0.4, -0.2) is 36.5 Å². The molecule has 1 aromatic carbocycles. The number of hydrogen-bond acceptors (Lipinski definition) is 4. The second kappa shape index (κ2) is 9.53. The van der Waals surface area contributed by atoms with Gasteiger partial charge in [-0.1, -0.05) is 25.8 Å². The van der Waals surface area contributed by atoms with E-state index in [1.54, 1.807) is 19.1 Å². The van der Waals surface area contributed by atoms with Gasteiger partial charge in [-0.05, 0) is 62.8 Å². The zero-order valence-electron chi connectivity index (χ0n) is 16.6. The number of carbonyl (C=O) groups is 3. The van der Waals surface area contributed by atoms with E-state index in [1.807, 2.05) is 19.9 Å². The van der Waals surface area contributed by atoms with Gasteiger partial charge in [0, 0.05) is 11.6 Å². The van der Waals surface area contributed by atoms with Crippen molar-refractivity contribution in [1.82, 2.24) is 10.6 Å². The van der Waals surface area contributed by atoms with E-state index in [4.69, 9.17) is 4.74 Å². The third-order valence-electron chi connectivity index (χ3n) is 5.28. The Morgan fingerprint density at radius 1 is 1.15 bits per heavy atom. The SMILES string of the molecule is Cc1ccc(C(=O)NCC(=O)O[C@H](C)C(=O)N[C@@H]2CCCC[C@@H]2C)cc1C. The lowest BCUT2D eigenvalue weighted by Gasteiger charge is -2.30. The van der Waals surface area contributed by atoms with Gasteiger partial charge in [-0.3, -0.25) is 14.4 Å². The molecule has 0 aromatic heterocycles. The molecule has 0 bridgehead atoms. The molecule has 0 aliphatic heterocycles. The van der Waals surface area contributed by atoms with Crippen molar-refractivity contribution in [1.29, 1.82) is 0 Å². The van der Waals surface area contributed by atoms with Crippen molar-refractivity contribution in [2.24, 2.45) is 5.92 Å². The number of amides is 2. The van der Waals surface area contributed by atoms with Crippen LogP contribution in [0.3, 0.4) is 0 Å². The summed E-state index contributed by atoms with van der Waals surface area (Å²) in [6.45, 7) is 7.29. The van der Waals surface area contributed by atoms with E-state index in [0.717, 1.165) is 30.4 Å². The largest absolute Gasteiger partial charge is 0.451 e. The quantitative estimate of drug-likeness (QED) is 0.750. The van der Waals surface area contributed by atoms with E-state index in [-0.39, 0.29) is 24.4 Å². The number of carbonyl (C=O) groups excluding carboxylic acids is 3. The van der Waals surface area contributed by atoms with Crippen molar-refractivity contribution in [2.45, 2.75) is 65.5 Å². The first-order chi connectivity index (χ1) is 12.8. The molecule has 1 saturated carbocycles. The maximum atomic E-state index is 12.2. The van der Waals surface area contributed by atoms with Gasteiger partial charge in [-0.25, -0.2) is 0 Å². The van der Waals surface area contributed by atoms with E-state index in [0.29, 0.717) is 11.5 Å². The molecule has 148 valence electrons. The molecule has 6 heteroatoms. The molecule has 27 heavy (non-hydrogen) atoms. The first kappa shape index (κ1) is 20.9. The minimum absolute atomic E-state index is 0.136. The van der Waals surface area contributed by atoms with E-state index < -0.39 is 12.1 Å². The van der Waals surface area contributed by atoms with Gasteiger partial charge in [-0.2, -0.15) is 0 Å². The standard InChI is InChI=1S/C21H30N2O4/c1-13-9-10-17(11-15(13)3)21(26)22-12-19(24)27-16(4)20(25)23-18-8-6-5-7-14(18)2/h9-11,14,16,18H,5-8,12H2,1-4H3,(H,22,26)(H,23,25)/t14-,16+,18+/m0/s1. The molecule has 0 unspecified atom stereocenters. The molecule has 1 fully saturated rings. The summed E-state index contributed by atoms with van der Waals surface area (Å²) in [5, 5.41) is 5.51. The summed E-state index contributed by atoms with van der Waals surface area (Å²) in [6.07, 6.45) is 3.47. The Bertz CT molecular complexity index is 701. The van der Waals surface area contributed by atoms with Gasteiger partial charge >= 0.3 is 5.97 Å². The van der Waals surface area contributed by atoms with Crippen LogP contribution >= 0.6 is 0 Å². The number of nitrogens with one attached hydrogen (secondary N) is 2. The Labute approximate surface area is 161 Å². The maximum Gasteiger partial charge on any atom is 0.326 e. The lowest BCUT2D eigenvalue weighted by atomic mass is 9.86. The van der Waals surface area contributed by atoms with Crippen molar-refractivity contribution in [3.05, 3.63) is 34.9 Å². The minimum Gasteiger partial charge on any atom is -0.451 e. The van der Waals surface area contributed by atoms with Gasteiger partial charge < -0.3 is 15.4 Å². The molecule has 0 heterocycles. The molecule has 2 rings (SSSR count). The molecule has 2 amide bonds. The molecule has 6 nitrogen and oxygen atoms in total. The summed E-state index contributed by atoms with van der Waals surface area (Å²) in [4.78, 5) is 36.3. The second-order valence-corrected chi connectivity index (χ2v) is 7.49. The van der Waals surface area contributed by atoms with Gasteiger partial charge in [0.25, 0.3) is 11.8 Å². The van der Waals surface area contributed by atoms with Crippen molar-refractivity contribution in [3.63, 3.8) is 0 Å². The molecule has 3 atom stereocenters. The zero-order valence-corrected chi connectivity index (χ0v) is 16.6. The van der Waals surface area contributed by atoms with Crippen molar-refractivity contribution in [3.8, 4) is 0 Å². The number of rotatable bonds is 6. The number of benzene rings is 1. The summed E-state index contributed by atoms with van der Waals surface area (Å²) < 4.78 is 5.15. The van der Waals surface area contributed by atoms with Gasteiger partial charge in [0.2, 0.25) is 0 Å². The molecular weight excluding hydrogens is 344 g/mol. The normalized spacial score (nSPS) is 20.4. The van der Waals surface area contributed by atoms with Crippen LogP contribution in [0.1, 0.15) is 61.0 Å². The predicted molar refractivity (Wildman–Crippen MR) is 103 cm³/mol. The van der Waals surface area contributed by atoms with Crippen LogP contribution < -0.4 is 10.6 Å². The molecule has 1 aliphatic rings. The Balaban J connectivity index is 1.77. The van der Waals surface area contributed by atoms with Crippen molar-refractivity contribution < 1.29 is 19.1 Å². The first-order valence-corrected chi connectivity index (χ1v) is 9.63. The summed E-state index contributed by atoms with van der Waals surface area (Å²) >= 11 is 0. The zero-order chi connectivity index (χ0) is 20.0. The summed E-state index contributed by atoms with van der Waals surface area (Å²) in [5.74, 6) is -0.833. The van der Waals surface area contributed by atoms with Gasteiger partial charge in [0.15, 0.2) is 6.10 Å². The Kier molecular flexibility index (Phi) is 7.39. The van der Waals surface area contributed by atoms with Crippen LogP contribution in [0.25, 0.3) is 0 Å². The monoisotopic (exact) mass is 374 g/mol. The van der Waals surface area contributed by atoms with E-state index in [9.17, 15) is 14.4 Å². The highest BCUT2D eigenvalue weighted by atomic mass is 16.5. The fourth-order valence-corrected chi connectivity index (χ4v) is 3.26. The van der Waals surface area contributed by atoms with Crippen LogP contribution in [-0.2, 0) is 14.3 Å². The molecule has 0 saturated heterocycles. The number of aryl methyl sites for hydroxylation is 2. The van der Waals surface area contributed by atoms with Crippen LogP contribution in [0.15, 0.2) is 18.2 Å². The lowest BCUT2D eigenvalue weighted by molar-refractivity contribution is -0.154. The fourth-order valence-electron chi connectivity index (χ4n) is 3.26. The van der Waals surface area contributed by atoms with E-state index in [1.165, 1.54) is 6.42 Å². The average molecular weight is 374 g/mol. The van der Waals surface area contributed by atoms with E-state index in [2.05, 4.69) is 17.6 Å². The Hall–Kier alpha value is -2.37.